The summed E-state index contributed by atoms with van der Waals surface area (Å²) in [7, 11) is 1.56. The lowest BCUT2D eigenvalue weighted by atomic mass is 10.0. The number of methoxy groups -OCH3 is 1. The van der Waals surface area contributed by atoms with Crippen LogP contribution in [0.15, 0.2) is 30.3 Å². The van der Waals surface area contributed by atoms with Crippen molar-refractivity contribution in [1.82, 2.24) is 5.32 Å². The Morgan fingerprint density at radius 3 is 2.42 bits per heavy atom. The van der Waals surface area contributed by atoms with E-state index in [4.69, 9.17) is 23.7 Å². The van der Waals surface area contributed by atoms with E-state index in [1.54, 1.807) is 7.11 Å². The van der Waals surface area contributed by atoms with Gasteiger partial charge in [0.15, 0.2) is 5.78 Å². The van der Waals surface area contributed by atoms with Crippen LogP contribution < -0.4 is 5.32 Å². The van der Waals surface area contributed by atoms with Crippen LogP contribution in [0.3, 0.4) is 0 Å². The fraction of sp³-hybridized carbons (Fsp3) is 0.667. The number of benzene rings is 1. The van der Waals surface area contributed by atoms with Gasteiger partial charge in [-0.25, -0.2) is 0 Å². The van der Waals surface area contributed by atoms with E-state index in [9.17, 15) is 14.4 Å². The molecule has 1 aliphatic heterocycles. The molecule has 1 aliphatic rings. The first-order chi connectivity index (χ1) is 17.3. The number of carbonyl (C=O) groups excluding carboxylic acids is 3. The molecule has 9 heteroatoms. The molecular formula is C27H43NO8. The van der Waals surface area contributed by atoms with Gasteiger partial charge < -0.3 is 29.0 Å². The van der Waals surface area contributed by atoms with Crippen molar-refractivity contribution in [3.05, 3.63) is 35.9 Å². The molecule has 0 aromatic heterocycles. The van der Waals surface area contributed by atoms with E-state index in [-0.39, 0.29) is 61.3 Å². The molecule has 0 saturated carbocycles. The normalized spacial score (nSPS) is 19.5. The summed E-state index contributed by atoms with van der Waals surface area (Å²) >= 11 is 0. The van der Waals surface area contributed by atoms with Gasteiger partial charge in [0.1, 0.15) is 19.0 Å². The zero-order valence-electron chi connectivity index (χ0n) is 22.3. The second-order valence-corrected chi connectivity index (χ2v) is 8.77. The van der Waals surface area contributed by atoms with Crippen molar-refractivity contribution < 1.29 is 38.1 Å². The van der Waals surface area contributed by atoms with Crippen LogP contribution in [-0.2, 0) is 44.7 Å². The fourth-order valence-corrected chi connectivity index (χ4v) is 3.42. The number of rotatable bonds is 12. The highest BCUT2D eigenvalue weighted by molar-refractivity contribution is 5.87. The molecule has 1 saturated heterocycles. The summed E-state index contributed by atoms with van der Waals surface area (Å²) < 4.78 is 26.3. The van der Waals surface area contributed by atoms with E-state index in [0.717, 1.165) is 5.56 Å². The standard InChI is InChI=1S/C14H20O4.C13H23NO4/c1-3-17-11-13(16-2)9-14(15)18-10-12-7-5-4-6-8-12;1-4-17-7-11-5-10(15)6-14-13(9(2)3)12(16)8-18-11/h4-8,13H,3,9-11H2,1-2H3;9,11,13-14H,4-8H2,1-3H3/t13-;11-,13-/m00/s1. The van der Waals surface area contributed by atoms with Crippen LogP contribution in [0.25, 0.3) is 0 Å². The Labute approximate surface area is 215 Å². The van der Waals surface area contributed by atoms with Gasteiger partial charge in [-0.15, -0.1) is 0 Å². The highest BCUT2D eigenvalue weighted by Gasteiger charge is 2.27. The van der Waals surface area contributed by atoms with Crippen molar-refractivity contribution in [3.8, 4) is 0 Å². The quantitative estimate of drug-likeness (QED) is 0.425. The smallest absolute Gasteiger partial charge is 0.308 e. The minimum atomic E-state index is -0.311. The molecule has 1 aromatic carbocycles. The summed E-state index contributed by atoms with van der Waals surface area (Å²) in [4.78, 5) is 35.3. The van der Waals surface area contributed by atoms with E-state index in [0.29, 0.717) is 39.5 Å². The Morgan fingerprint density at radius 2 is 1.81 bits per heavy atom. The number of hydrogen-bond donors (Lipinski definition) is 1. The van der Waals surface area contributed by atoms with Crippen LogP contribution in [0.2, 0.25) is 0 Å². The van der Waals surface area contributed by atoms with Crippen LogP contribution >= 0.6 is 0 Å². The van der Waals surface area contributed by atoms with Gasteiger partial charge >= 0.3 is 5.97 Å². The molecule has 0 radical (unpaired) electrons. The topological polar surface area (TPSA) is 109 Å². The van der Waals surface area contributed by atoms with Gasteiger partial charge in [-0.05, 0) is 25.3 Å². The Hall–Kier alpha value is -2.17. The van der Waals surface area contributed by atoms with Gasteiger partial charge in [0, 0.05) is 26.7 Å². The van der Waals surface area contributed by atoms with Gasteiger partial charge in [0.2, 0.25) is 0 Å². The Bertz CT molecular complexity index is 755. The van der Waals surface area contributed by atoms with E-state index < -0.39 is 0 Å². The summed E-state index contributed by atoms with van der Waals surface area (Å²) in [5.41, 5.74) is 0.977. The molecule has 0 amide bonds. The lowest BCUT2D eigenvalue weighted by Crippen LogP contribution is -2.44. The Balaban J connectivity index is 0.000000360. The lowest BCUT2D eigenvalue weighted by molar-refractivity contribution is -0.148. The minimum Gasteiger partial charge on any atom is -0.461 e. The molecule has 9 nitrogen and oxygen atoms in total. The average Bonchev–Trinajstić information content (AvgIpc) is 2.94. The zero-order valence-corrected chi connectivity index (χ0v) is 22.3. The maximum atomic E-state index is 11.9. The first-order valence-electron chi connectivity index (χ1n) is 12.6. The van der Waals surface area contributed by atoms with Crippen LogP contribution in [0.4, 0.5) is 0 Å². The molecule has 1 aromatic rings. The monoisotopic (exact) mass is 509 g/mol. The number of esters is 1. The summed E-state index contributed by atoms with van der Waals surface area (Å²) in [6.45, 7) is 10.2. The number of hydrogen-bond acceptors (Lipinski definition) is 9. The maximum absolute atomic E-state index is 11.9. The molecule has 3 atom stereocenters. The Morgan fingerprint density at radius 1 is 1.11 bits per heavy atom. The van der Waals surface area contributed by atoms with Gasteiger partial charge in [0.05, 0.1) is 44.4 Å². The second-order valence-electron chi connectivity index (χ2n) is 8.77. The summed E-state index contributed by atoms with van der Waals surface area (Å²) in [6.07, 6.45) is -0.0450. The fourth-order valence-electron chi connectivity index (χ4n) is 3.42. The largest absolute Gasteiger partial charge is 0.461 e. The van der Waals surface area contributed by atoms with Crippen molar-refractivity contribution in [1.29, 1.82) is 0 Å². The van der Waals surface area contributed by atoms with Crippen molar-refractivity contribution in [2.75, 3.05) is 46.7 Å². The number of ketones is 2. The molecule has 2 rings (SSSR count). The van der Waals surface area contributed by atoms with Crippen LogP contribution in [0.5, 0.6) is 0 Å². The molecule has 0 spiro atoms. The van der Waals surface area contributed by atoms with Gasteiger partial charge in [0.25, 0.3) is 0 Å². The third-order valence-electron chi connectivity index (χ3n) is 5.44. The first-order valence-corrected chi connectivity index (χ1v) is 12.6. The van der Waals surface area contributed by atoms with Gasteiger partial charge in [-0.3, -0.25) is 14.4 Å². The van der Waals surface area contributed by atoms with E-state index in [1.807, 2.05) is 58.0 Å². The number of carbonyl (C=O) groups is 3. The predicted octanol–water partition coefficient (Wildman–Crippen LogP) is 2.74. The van der Waals surface area contributed by atoms with Crippen LogP contribution in [0.1, 0.15) is 46.1 Å². The Kier molecular flexibility index (Phi) is 16.8. The first kappa shape index (κ1) is 31.9. The van der Waals surface area contributed by atoms with Crippen LogP contribution in [0, 0.1) is 5.92 Å². The molecule has 1 N–H and O–H groups in total. The van der Waals surface area contributed by atoms with Gasteiger partial charge in [-0.2, -0.15) is 0 Å². The molecular weight excluding hydrogens is 466 g/mol. The van der Waals surface area contributed by atoms with Crippen LogP contribution in [-0.4, -0.2) is 82.5 Å². The molecule has 1 heterocycles. The number of Topliss-reactive ketones (excluding diaryl/α,β-unsaturated/α-hetero) is 2. The minimum absolute atomic E-state index is 0.00111. The zero-order chi connectivity index (χ0) is 26.8. The molecule has 0 aliphatic carbocycles. The van der Waals surface area contributed by atoms with E-state index >= 15 is 0 Å². The summed E-state index contributed by atoms with van der Waals surface area (Å²) in [5.74, 6) is -0.0657. The molecule has 36 heavy (non-hydrogen) atoms. The molecule has 0 unspecified atom stereocenters. The van der Waals surface area contributed by atoms with Crippen molar-refractivity contribution in [3.63, 3.8) is 0 Å². The number of nitrogens with one attached hydrogen (secondary N) is 1. The predicted molar refractivity (Wildman–Crippen MR) is 136 cm³/mol. The number of ether oxygens (including phenoxy) is 5. The molecule has 0 bridgehead atoms. The highest BCUT2D eigenvalue weighted by Crippen LogP contribution is 2.09. The lowest BCUT2D eigenvalue weighted by Gasteiger charge is -2.19. The highest BCUT2D eigenvalue weighted by atomic mass is 16.5. The molecule has 1 fully saturated rings. The third kappa shape index (κ3) is 13.8. The molecule has 204 valence electrons. The third-order valence-corrected chi connectivity index (χ3v) is 5.44. The summed E-state index contributed by atoms with van der Waals surface area (Å²) in [5, 5.41) is 3.02. The summed E-state index contributed by atoms with van der Waals surface area (Å²) in [6, 6.07) is 9.28. The second kappa shape index (κ2) is 19.0. The van der Waals surface area contributed by atoms with Crippen molar-refractivity contribution in [2.24, 2.45) is 5.92 Å². The average molecular weight is 510 g/mol. The van der Waals surface area contributed by atoms with Crippen molar-refractivity contribution in [2.45, 2.75) is 65.4 Å². The van der Waals surface area contributed by atoms with E-state index in [2.05, 4.69) is 5.32 Å². The maximum Gasteiger partial charge on any atom is 0.308 e. The van der Waals surface area contributed by atoms with Gasteiger partial charge in [-0.1, -0.05) is 44.2 Å². The van der Waals surface area contributed by atoms with E-state index in [1.165, 1.54) is 0 Å². The SMILES string of the molecule is CCOC[C@@H]1CC(=O)CN[C@@H](C(C)C)C(=O)CO1.CCOC[C@H](CC(=O)OCc1ccccc1)OC. The van der Waals surface area contributed by atoms with Crippen molar-refractivity contribution >= 4 is 17.5 Å².